The zero-order valence-electron chi connectivity index (χ0n) is 13.9. The van der Waals surface area contributed by atoms with E-state index < -0.39 is 0 Å². The molecule has 2 aromatic carbocycles. The normalized spacial score (nSPS) is 10.5. The molecule has 1 aromatic heterocycles. The number of para-hydroxylation sites is 2. The van der Waals surface area contributed by atoms with Gasteiger partial charge in [0, 0.05) is 18.5 Å². The smallest absolute Gasteiger partial charge is 0.257 e. The molecule has 0 fully saturated rings. The minimum atomic E-state index is -0.292. The maximum Gasteiger partial charge on any atom is 0.257 e. The van der Waals surface area contributed by atoms with Crippen LogP contribution in [0.2, 0.25) is 0 Å². The Morgan fingerprint density at radius 1 is 0.808 bits per heavy atom. The van der Waals surface area contributed by atoms with E-state index in [0.29, 0.717) is 16.9 Å². The van der Waals surface area contributed by atoms with E-state index >= 15 is 0 Å². The highest BCUT2D eigenvalue weighted by Gasteiger charge is 2.10. The van der Waals surface area contributed by atoms with E-state index in [9.17, 15) is 9.59 Å². The van der Waals surface area contributed by atoms with E-state index in [2.05, 4.69) is 15.6 Å². The van der Waals surface area contributed by atoms with Crippen molar-refractivity contribution in [3.8, 4) is 0 Å². The van der Waals surface area contributed by atoms with Crippen LogP contribution in [0.25, 0.3) is 6.08 Å². The van der Waals surface area contributed by atoms with Crippen LogP contribution in [-0.4, -0.2) is 16.8 Å². The van der Waals surface area contributed by atoms with Crippen molar-refractivity contribution in [2.75, 3.05) is 10.6 Å². The van der Waals surface area contributed by atoms with E-state index in [0.717, 1.165) is 5.56 Å². The first-order chi connectivity index (χ1) is 12.7. The molecule has 0 atom stereocenters. The molecule has 0 aliphatic rings. The summed E-state index contributed by atoms with van der Waals surface area (Å²) in [5.41, 5.74) is 2.41. The Labute approximate surface area is 151 Å². The Morgan fingerprint density at radius 2 is 1.50 bits per heavy atom. The van der Waals surface area contributed by atoms with Gasteiger partial charge in [-0.3, -0.25) is 14.6 Å². The van der Waals surface area contributed by atoms with Gasteiger partial charge in [-0.25, -0.2) is 0 Å². The summed E-state index contributed by atoms with van der Waals surface area (Å²) in [7, 11) is 0. The maximum atomic E-state index is 12.3. The van der Waals surface area contributed by atoms with Gasteiger partial charge in [-0.2, -0.15) is 0 Å². The van der Waals surface area contributed by atoms with Crippen molar-refractivity contribution in [1.82, 2.24) is 4.98 Å². The number of benzene rings is 2. The molecule has 0 saturated heterocycles. The monoisotopic (exact) mass is 343 g/mol. The van der Waals surface area contributed by atoms with Gasteiger partial charge in [0.15, 0.2) is 0 Å². The van der Waals surface area contributed by atoms with Crippen molar-refractivity contribution < 1.29 is 9.59 Å². The highest BCUT2D eigenvalue weighted by atomic mass is 16.2. The lowest BCUT2D eigenvalue weighted by Crippen LogP contribution is -2.15. The van der Waals surface area contributed by atoms with E-state index in [-0.39, 0.29) is 11.8 Å². The summed E-state index contributed by atoms with van der Waals surface area (Å²) in [4.78, 5) is 28.4. The second-order valence-electron chi connectivity index (χ2n) is 5.47. The Hall–Kier alpha value is -3.73. The van der Waals surface area contributed by atoms with Gasteiger partial charge in [0.05, 0.1) is 16.9 Å². The highest BCUT2D eigenvalue weighted by Crippen LogP contribution is 2.21. The maximum absolute atomic E-state index is 12.3. The molecule has 5 nitrogen and oxygen atoms in total. The standard InChI is InChI=1S/C21H17N3O2/c25-20(13-12-16-7-2-1-3-8-16)23-18-10-4-5-11-19(18)24-21(26)17-9-6-14-22-15-17/h1-15H,(H,23,25)(H,24,26)/b13-12+. The minimum Gasteiger partial charge on any atom is -0.321 e. The van der Waals surface area contributed by atoms with Crippen molar-refractivity contribution in [2.24, 2.45) is 0 Å². The molecule has 1 heterocycles. The number of nitrogens with one attached hydrogen (secondary N) is 2. The second kappa shape index (κ2) is 8.39. The third kappa shape index (κ3) is 4.64. The number of amides is 2. The molecule has 5 heteroatoms. The van der Waals surface area contributed by atoms with Gasteiger partial charge in [0.25, 0.3) is 5.91 Å². The van der Waals surface area contributed by atoms with Gasteiger partial charge in [0.1, 0.15) is 0 Å². The molecule has 0 aliphatic heterocycles. The summed E-state index contributed by atoms with van der Waals surface area (Å²) in [6, 6.07) is 19.9. The molecular formula is C21H17N3O2. The predicted octanol–water partition coefficient (Wildman–Crippen LogP) is 3.99. The number of carbonyl (C=O) groups is 2. The van der Waals surface area contributed by atoms with Crippen LogP contribution in [-0.2, 0) is 4.79 Å². The van der Waals surface area contributed by atoms with Crippen molar-refractivity contribution in [3.63, 3.8) is 0 Å². The van der Waals surface area contributed by atoms with E-state index in [1.54, 1.807) is 48.7 Å². The molecule has 0 saturated carbocycles. The molecule has 2 amide bonds. The number of hydrogen-bond donors (Lipinski definition) is 2. The third-order valence-corrected chi connectivity index (χ3v) is 3.58. The first kappa shape index (κ1) is 17.1. The molecule has 3 rings (SSSR count). The van der Waals surface area contributed by atoms with Crippen molar-refractivity contribution in [3.05, 3.63) is 96.3 Å². The zero-order valence-corrected chi connectivity index (χ0v) is 13.9. The van der Waals surface area contributed by atoms with Crippen LogP contribution >= 0.6 is 0 Å². The summed E-state index contributed by atoms with van der Waals surface area (Å²) in [6.07, 6.45) is 6.27. The fourth-order valence-corrected chi connectivity index (χ4v) is 2.30. The molecule has 0 radical (unpaired) electrons. The first-order valence-corrected chi connectivity index (χ1v) is 8.07. The van der Waals surface area contributed by atoms with Gasteiger partial charge in [-0.15, -0.1) is 0 Å². The third-order valence-electron chi connectivity index (χ3n) is 3.58. The van der Waals surface area contributed by atoms with Crippen molar-refractivity contribution in [2.45, 2.75) is 0 Å². The van der Waals surface area contributed by atoms with E-state index in [1.807, 2.05) is 30.3 Å². The number of pyridine rings is 1. The molecule has 128 valence electrons. The Balaban J connectivity index is 1.70. The molecule has 26 heavy (non-hydrogen) atoms. The Morgan fingerprint density at radius 3 is 2.19 bits per heavy atom. The molecule has 0 unspecified atom stereocenters. The van der Waals surface area contributed by atoms with Gasteiger partial charge in [-0.05, 0) is 35.9 Å². The minimum absolute atomic E-state index is 0.281. The molecule has 0 spiro atoms. The van der Waals surface area contributed by atoms with Gasteiger partial charge in [-0.1, -0.05) is 42.5 Å². The average molecular weight is 343 g/mol. The number of carbonyl (C=O) groups excluding carboxylic acids is 2. The Bertz CT molecular complexity index is 922. The topological polar surface area (TPSA) is 71.1 Å². The molecule has 2 N–H and O–H groups in total. The summed E-state index contributed by atoms with van der Waals surface area (Å²) < 4.78 is 0. The molecule has 0 aliphatic carbocycles. The quantitative estimate of drug-likeness (QED) is 0.688. The number of aromatic nitrogens is 1. The summed E-state index contributed by atoms with van der Waals surface area (Å²) in [5.74, 6) is -0.573. The Kier molecular flexibility index (Phi) is 5.52. The van der Waals surface area contributed by atoms with Gasteiger partial charge in [0.2, 0.25) is 5.91 Å². The molecule has 0 bridgehead atoms. The number of hydrogen-bond acceptors (Lipinski definition) is 3. The predicted molar refractivity (Wildman–Crippen MR) is 103 cm³/mol. The summed E-state index contributed by atoms with van der Waals surface area (Å²) in [6.45, 7) is 0. The van der Waals surface area contributed by atoms with Crippen molar-refractivity contribution >= 4 is 29.3 Å². The highest BCUT2D eigenvalue weighted by molar-refractivity contribution is 6.08. The lowest BCUT2D eigenvalue weighted by molar-refractivity contribution is -0.111. The van der Waals surface area contributed by atoms with Crippen LogP contribution in [0.1, 0.15) is 15.9 Å². The second-order valence-corrected chi connectivity index (χ2v) is 5.47. The zero-order chi connectivity index (χ0) is 18.2. The van der Waals surface area contributed by atoms with Crippen LogP contribution in [0.4, 0.5) is 11.4 Å². The summed E-state index contributed by atoms with van der Waals surface area (Å²) >= 11 is 0. The SMILES string of the molecule is O=C(/C=C/c1ccccc1)Nc1ccccc1NC(=O)c1cccnc1. The average Bonchev–Trinajstić information content (AvgIpc) is 2.69. The van der Waals surface area contributed by atoms with Crippen LogP contribution in [0.15, 0.2) is 85.2 Å². The van der Waals surface area contributed by atoms with Crippen molar-refractivity contribution in [1.29, 1.82) is 0 Å². The number of anilines is 2. The van der Waals surface area contributed by atoms with Crippen LogP contribution in [0, 0.1) is 0 Å². The molecule has 3 aromatic rings. The van der Waals surface area contributed by atoms with Crippen LogP contribution in [0.3, 0.4) is 0 Å². The molecular weight excluding hydrogens is 326 g/mol. The van der Waals surface area contributed by atoms with Crippen LogP contribution < -0.4 is 10.6 Å². The van der Waals surface area contributed by atoms with Crippen LogP contribution in [0.5, 0.6) is 0 Å². The lowest BCUT2D eigenvalue weighted by atomic mass is 10.2. The van der Waals surface area contributed by atoms with E-state index in [1.165, 1.54) is 12.3 Å². The van der Waals surface area contributed by atoms with E-state index in [4.69, 9.17) is 0 Å². The number of rotatable bonds is 5. The fraction of sp³-hybridized carbons (Fsp3) is 0. The fourth-order valence-electron chi connectivity index (χ4n) is 2.30. The van der Waals surface area contributed by atoms with Gasteiger partial charge < -0.3 is 10.6 Å². The summed E-state index contributed by atoms with van der Waals surface area (Å²) in [5, 5.41) is 5.57. The first-order valence-electron chi connectivity index (χ1n) is 8.07. The largest absolute Gasteiger partial charge is 0.321 e. The lowest BCUT2D eigenvalue weighted by Gasteiger charge is -2.11. The number of nitrogens with zero attached hydrogens (tertiary/aromatic N) is 1. The van der Waals surface area contributed by atoms with Gasteiger partial charge >= 0.3 is 0 Å².